The fourth-order valence-corrected chi connectivity index (χ4v) is 3.81. The van der Waals surface area contributed by atoms with E-state index in [0.717, 1.165) is 10.8 Å². The molecular formula is C17H20N2O3S. The van der Waals surface area contributed by atoms with Gasteiger partial charge in [0.25, 0.3) is 5.91 Å². The smallest absolute Gasteiger partial charge is 0.251 e. The molecule has 0 radical (unpaired) electrons. The van der Waals surface area contributed by atoms with E-state index in [-0.39, 0.29) is 11.9 Å². The van der Waals surface area contributed by atoms with Crippen LogP contribution in [0.5, 0.6) is 0 Å². The normalized spacial score (nSPS) is 17.3. The Bertz CT molecular complexity index is 825. The van der Waals surface area contributed by atoms with Gasteiger partial charge in [-0.1, -0.05) is 30.3 Å². The fourth-order valence-electron chi connectivity index (χ4n) is 2.93. The van der Waals surface area contributed by atoms with Crippen molar-refractivity contribution < 1.29 is 13.2 Å². The number of nitrogens with one attached hydrogen (secondary N) is 1. The maximum absolute atomic E-state index is 12.4. The molecule has 6 heteroatoms. The number of fused-ring (bicyclic) bond motifs is 1. The molecule has 0 unspecified atom stereocenters. The van der Waals surface area contributed by atoms with E-state index >= 15 is 0 Å². The van der Waals surface area contributed by atoms with Crippen LogP contribution in [0.1, 0.15) is 23.2 Å². The predicted molar refractivity (Wildman–Crippen MR) is 90.9 cm³/mol. The predicted octanol–water partition coefficient (Wildman–Crippen LogP) is 1.99. The van der Waals surface area contributed by atoms with Crippen LogP contribution in [-0.4, -0.2) is 44.0 Å². The first-order chi connectivity index (χ1) is 10.9. The summed E-state index contributed by atoms with van der Waals surface area (Å²) in [5.41, 5.74) is 0.634. The van der Waals surface area contributed by atoms with Crippen molar-refractivity contribution >= 4 is 26.7 Å². The van der Waals surface area contributed by atoms with Crippen LogP contribution in [0, 0.1) is 0 Å². The van der Waals surface area contributed by atoms with Crippen molar-refractivity contribution in [1.82, 2.24) is 9.62 Å². The molecule has 1 fully saturated rings. The van der Waals surface area contributed by atoms with Crippen molar-refractivity contribution in [3.8, 4) is 0 Å². The van der Waals surface area contributed by atoms with Crippen LogP contribution in [0.3, 0.4) is 0 Å². The number of hydrogen-bond donors (Lipinski definition) is 1. The molecule has 0 saturated carbocycles. The molecule has 2 aromatic carbocycles. The topological polar surface area (TPSA) is 66.5 Å². The number of carbonyl (C=O) groups excluding carboxylic acids is 1. The molecule has 1 amide bonds. The highest BCUT2D eigenvalue weighted by Gasteiger charge is 2.25. The minimum atomic E-state index is -3.13. The molecule has 1 aliphatic heterocycles. The van der Waals surface area contributed by atoms with E-state index < -0.39 is 10.0 Å². The second-order valence-corrected chi connectivity index (χ2v) is 7.95. The molecule has 3 rings (SSSR count). The lowest BCUT2D eigenvalue weighted by molar-refractivity contribution is 0.0924. The highest BCUT2D eigenvalue weighted by atomic mass is 32.2. The Morgan fingerprint density at radius 1 is 1.09 bits per heavy atom. The lowest BCUT2D eigenvalue weighted by Gasteiger charge is -2.30. The summed E-state index contributed by atoms with van der Waals surface area (Å²) in [6.45, 7) is 0.920. The van der Waals surface area contributed by atoms with Crippen molar-refractivity contribution in [2.45, 2.75) is 18.9 Å². The van der Waals surface area contributed by atoms with E-state index in [1.54, 1.807) is 0 Å². The lowest BCUT2D eigenvalue weighted by atomic mass is 10.0. The van der Waals surface area contributed by atoms with E-state index in [9.17, 15) is 13.2 Å². The van der Waals surface area contributed by atoms with Crippen molar-refractivity contribution in [3.63, 3.8) is 0 Å². The quantitative estimate of drug-likeness (QED) is 0.935. The van der Waals surface area contributed by atoms with E-state index in [1.165, 1.54) is 10.6 Å². The zero-order valence-electron chi connectivity index (χ0n) is 13.0. The lowest BCUT2D eigenvalue weighted by Crippen LogP contribution is -2.46. The van der Waals surface area contributed by atoms with Crippen molar-refractivity contribution in [1.29, 1.82) is 0 Å². The SMILES string of the molecule is CS(=O)(=O)N1CCC(NC(=O)c2ccc3ccccc3c2)CC1. The first-order valence-corrected chi connectivity index (χ1v) is 9.53. The molecule has 0 spiro atoms. The largest absolute Gasteiger partial charge is 0.349 e. The molecule has 1 heterocycles. The zero-order valence-corrected chi connectivity index (χ0v) is 13.8. The third-order valence-corrected chi connectivity index (χ3v) is 5.57. The van der Waals surface area contributed by atoms with Crippen LogP contribution in [0.4, 0.5) is 0 Å². The molecule has 23 heavy (non-hydrogen) atoms. The van der Waals surface area contributed by atoms with Gasteiger partial charge in [0.1, 0.15) is 0 Å². The van der Waals surface area contributed by atoms with Gasteiger partial charge in [-0.3, -0.25) is 4.79 Å². The number of amides is 1. The number of sulfonamides is 1. The Balaban J connectivity index is 1.65. The van der Waals surface area contributed by atoms with E-state index in [0.29, 0.717) is 31.5 Å². The monoisotopic (exact) mass is 332 g/mol. The molecule has 1 N–H and O–H groups in total. The summed E-state index contributed by atoms with van der Waals surface area (Å²) in [5, 5.41) is 5.15. The zero-order chi connectivity index (χ0) is 16.4. The van der Waals surface area contributed by atoms with Crippen LogP contribution >= 0.6 is 0 Å². The van der Waals surface area contributed by atoms with Crippen molar-refractivity contribution in [3.05, 3.63) is 48.0 Å². The average molecular weight is 332 g/mol. The van der Waals surface area contributed by atoms with Gasteiger partial charge in [0.2, 0.25) is 10.0 Å². The standard InChI is InChI=1S/C17H20N2O3S/c1-23(21,22)19-10-8-16(9-11-19)18-17(20)15-7-6-13-4-2-3-5-14(13)12-15/h2-7,12,16H,8-11H2,1H3,(H,18,20). The van der Waals surface area contributed by atoms with Gasteiger partial charge in [-0.15, -0.1) is 0 Å². The van der Waals surface area contributed by atoms with E-state index in [4.69, 9.17) is 0 Å². The first kappa shape index (κ1) is 16.0. The number of nitrogens with zero attached hydrogens (tertiary/aromatic N) is 1. The summed E-state index contributed by atoms with van der Waals surface area (Å²) in [6.07, 6.45) is 2.51. The second kappa shape index (κ2) is 6.29. The molecule has 2 aromatic rings. The number of carbonyl (C=O) groups is 1. The number of benzene rings is 2. The van der Waals surface area contributed by atoms with Gasteiger partial charge in [-0.2, -0.15) is 0 Å². The molecule has 5 nitrogen and oxygen atoms in total. The van der Waals surface area contributed by atoms with Crippen molar-refractivity contribution in [2.75, 3.05) is 19.3 Å². The summed E-state index contributed by atoms with van der Waals surface area (Å²) in [7, 11) is -3.13. The van der Waals surface area contributed by atoms with E-state index in [1.807, 2.05) is 42.5 Å². The maximum atomic E-state index is 12.4. The molecule has 0 aliphatic carbocycles. The summed E-state index contributed by atoms with van der Waals surface area (Å²) >= 11 is 0. The highest BCUT2D eigenvalue weighted by molar-refractivity contribution is 7.88. The molecule has 0 bridgehead atoms. The van der Waals surface area contributed by atoms with E-state index in [2.05, 4.69) is 5.32 Å². The van der Waals surface area contributed by atoms with Gasteiger partial charge < -0.3 is 5.32 Å². The third-order valence-electron chi connectivity index (χ3n) is 4.27. The molecule has 0 atom stereocenters. The molecular weight excluding hydrogens is 312 g/mol. The van der Waals surface area contributed by atoms with Gasteiger partial charge in [0.05, 0.1) is 6.26 Å². The summed E-state index contributed by atoms with van der Waals surface area (Å²) in [5.74, 6) is -0.103. The van der Waals surface area contributed by atoms with Crippen molar-refractivity contribution in [2.24, 2.45) is 0 Å². The summed E-state index contributed by atoms with van der Waals surface area (Å²) < 4.78 is 24.5. The maximum Gasteiger partial charge on any atom is 0.251 e. The first-order valence-electron chi connectivity index (χ1n) is 7.68. The van der Waals surface area contributed by atoms with Gasteiger partial charge >= 0.3 is 0 Å². The molecule has 122 valence electrons. The van der Waals surface area contributed by atoms with Crippen LogP contribution in [-0.2, 0) is 10.0 Å². The molecule has 1 saturated heterocycles. The Morgan fingerprint density at radius 3 is 2.39 bits per heavy atom. The Labute approximate surface area is 136 Å². The van der Waals surface area contributed by atoms with Crippen LogP contribution < -0.4 is 5.32 Å². The Kier molecular flexibility index (Phi) is 4.37. The minimum Gasteiger partial charge on any atom is -0.349 e. The number of piperidine rings is 1. The average Bonchev–Trinajstić information content (AvgIpc) is 2.54. The van der Waals surface area contributed by atoms with Crippen LogP contribution in [0.25, 0.3) is 10.8 Å². The number of rotatable bonds is 3. The minimum absolute atomic E-state index is 0.0203. The molecule has 0 aromatic heterocycles. The summed E-state index contributed by atoms with van der Waals surface area (Å²) in [4.78, 5) is 12.4. The molecule has 1 aliphatic rings. The van der Waals surface area contributed by atoms with Crippen LogP contribution in [0.2, 0.25) is 0 Å². The Hall–Kier alpha value is -1.92. The summed E-state index contributed by atoms with van der Waals surface area (Å²) in [6, 6.07) is 13.6. The highest BCUT2D eigenvalue weighted by Crippen LogP contribution is 2.17. The van der Waals surface area contributed by atoms with Gasteiger partial charge in [-0.05, 0) is 35.7 Å². The van der Waals surface area contributed by atoms with Crippen LogP contribution in [0.15, 0.2) is 42.5 Å². The van der Waals surface area contributed by atoms with Gasteiger partial charge in [-0.25, -0.2) is 12.7 Å². The second-order valence-electron chi connectivity index (χ2n) is 5.97. The van der Waals surface area contributed by atoms with Gasteiger partial charge in [0, 0.05) is 24.7 Å². The van der Waals surface area contributed by atoms with Gasteiger partial charge in [0.15, 0.2) is 0 Å². The number of hydrogen-bond acceptors (Lipinski definition) is 3. The Morgan fingerprint density at radius 2 is 1.74 bits per heavy atom. The third kappa shape index (κ3) is 3.71. The fraction of sp³-hybridized carbons (Fsp3) is 0.353.